The van der Waals surface area contributed by atoms with Crippen molar-refractivity contribution < 1.29 is 13.7 Å². The van der Waals surface area contributed by atoms with Crippen LogP contribution in [0.3, 0.4) is 0 Å². The summed E-state index contributed by atoms with van der Waals surface area (Å²) in [6, 6.07) is 6.93. The van der Waals surface area contributed by atoms with Gasteiger partial charge in [-0.2, -0.15) is 0 Å². The Hall–Kier alpha value is -2.37. The van der Waals surface area contributed by atoms with Crippen molar-refractivity contribution in [3.05, 3.63) is 57.8 Å². The van der Waals surface area contributed by atoms with Crippen LogP contribution < -0.4 is 5.32 Å². The Kier molecular flexibility index (Phi) is 3.79. The largest absolute Gasteiger partial charge is 0.464 e. The van der Waals surface area contributed by atoms with Gasteiger partial charge in [-0.3, -0.25) is 10.1 Å². The fraction of sp³-hybridized carbons (Fsp3) is 0.231. The van der Waals surface area contributed by atoms with Gasteiger partial charge in [-0.05, 0) is 18.2 Å². The predicted octanol–water partition coefficient (Wildman–Crippen LogP) is 3.50. The topological polar surface area (TPSA) is 68.3 Å². The average molecular weight is 264 g/mol. The summed E-state index contributed by atoms with van der Waals surface area (Å²) < 4.78 is 18.6. The van der Waals surface area contributed by atoms with E-state index in [2.05, 4.69) is 5.32 Å². The van der Waals surface area contributed by atoms with E-state index >= 15 is 0 Å². The third-order valence-electron chi connectivity index (χ3n) is 2.67. The van der Waals surface area contributed by atoms with Crippen LogP contribution in [0, 0.1) is 15.9 Å². The Morgan fingerprint density at radius 1 is 1.32 bits per heavy atom. The number of benzene rings is 1. The molecule has 0 saturated heterocycles. The molecule has 0 aliphatic carbocycles. The molecule has 2 rings (SSSR count). The molecule has 0 aliphatic rings. The van der Waals surface area contributed by atoms with E-state index in [1.54, 1.807) is 6.07 Å². The third kappa shape index (κ3) is 3.09. The summed E-state index contributed by atoms with van der Waals surface area (Å²) in [4.78, 5) is 10.3. The number of hydrogen-bond donors (Lipinski definition) is 1. The fourth-order valence-electron chi connectivity index (χ4n) is 1.70. The van der Waals surface area contributed by atoms with Gasteiger partial charge in [0.25, 0.3) is 5.69 Å². The van der Waals surface area contributed by atoms with Crippen LogP contribution in [0.25, 0.3) is 0 Å². The van der Waals surface area contributed by atoms with E-state index in [1.165, 1.54) is 0 Å². The quantitative estimate of drug-likeness (QED) is 0.662. The molecule has 5 nitrogen and oxygen atoms in total. The van der Waals surface area contributed by atoms with Crippen LogP contribution in [0.1, 0.15) is 18.4 Å². The van der Waals surface area contributed by atoms with Gasteiger partial charge in [0.05, 0.1) is 11.5 Å². The first-order valence-electron chi connectivity index (χ1n) is 5.85. The number of aryl methyl sites for hydroxylation is 1. The summed E-state index contributed by atoms with van der Waals surface area (Å²) >= 11 is 0. The van der Waals surface area contributed by atoms with E-state index in [4.69, 9.17) is 4.42 Å². The SMILES string of the molecule is CCc1ccc(CNc2cc(F)ccc2[N+](=O)[O-])o1. The van der Waals surface area contributed by atoms with Crippen molar-refractivity contribution in [2.24, 2.45) is 0 Å². The van der Waals surface area contributed by atoms with E-state index < -0.39 is 10.7 Å². The van der Waals surface area contributed by atoms with Gasteiger partial charge in [0.15, 0.2) is 0 Å². The molecule has 0 saturated carbocycles. The molecule has 2 aromatic rings. The smallest absolute Gasteiger partial charge is 0.292 e. The van der Waals surface area contributed by atoms with Crippen molar-refractivity contribution in [1.82, 2.24) is 0 Å². The summed E-state index contributed by atoms with van der Waals surface area (Å²) in [7, 11) is 0. The Labute approximate surface area is 109 Å². The van der Waals surface area contributed by atoms with E-state index in [1.807, 2.05) is 13.0 Å². The van der Waals surface area contributed by atoms with Gasteiger partial charge in [0.2, 0.25) is 0 Å². The molecule has 19 heavy (non-hydrogen) atoms. The molecule has 0 radical (unpaired) electrons. The first-order chi connectivity index (χ1) is 9.10. The summed E-state index contributed by atoms with van der Waals surface area (Å²) in [5.41, 5.74) is -0.0249. The van der Waals surface area contributed by atoms with E-state index in [-0.39, 0.29) is 17.9 Å². The van der Waals surface area contributed by atoms with E-state index in [9.17, 15) is 14.5 Å². The number of nitrogens with zero attached hydrogens (tertiary/aromatic N) is 1. The first kappa shape index (κ1) is 13.1. The molecule has 0 spiro atoms. The van der Waals surface area contributed by atoms with Crippen LogP contribution in [0.2, 0.25) is 0 Å². The normalized spacial score (nSPS) is 10.4. The standard InChI is InChI=1S/C13H13FN2O3/c1-2-10-4-5-11(19-10)8-15-12-7-9(14)3-6-13(12)16(17)18/h3-7,15H,2,8H2,1H3. The molecular formula is C13H13FN2O3. The van der Waals surface area contributed by atoms with Crippen molar-refractivity contribution in [1.29, 1.82) is 0 Å². The van der Waals surface area contributed by atoms with Crippen LogP contribution >= 0.6 is 0 Å². The molecule has 6 heteroatoms. The van der Waals surface area contributed by atoms with Crippen LogP contribution in [-0.2, 0) is 13.0 Å². The van der Waals surface area contributed by atoms with E-state index in [0.29, 0.717) is 5.76 Å². The lowest BCUT2D eigenvalue weighted by Gasteiger charge is -2.05. The van der Waals surface area contributed by atoms with E-state index in [0.717, 1.165) is 30.4 Å². The molecule has 0 fully saturated rings. The van der Waals surface area contributed by atoms with Crippen LogP contribution in [-0.4, -0.2) is 4.92 Å². The zero-order valence-electron chi connectivity index (χ0n) is 10.4. The second-order valence-corrected chi connectivity index (χ2v) is 3.99. The number of nitrogens with one attached hydrogen (secondary N) is 1. The maximum atomic E-state index is 13.1. The minimum absolute atomic E-state index is 0.138. The van der Waals surface area contributed by atoms with Gasteiger partial charge in [0, 0.05) is 18.6 Å². The first-order valence-corrected chi connectivity index (χ1v) is 5.85. The number of nitro benzene ring substituents is 1. The van der Waals surface area contributed by atoms with Gasteiger partial charge >= 0.3 is 0 Å². The van der Waals surface area contributed by atoms with Gasteiger partial charge < -0.3 is 9.73 Å². The summed E-state index contributed by atoms with van der Waals surface area (Å²) in [6.45, 7) is 2.23. The second kappa shape index (κ2) is 5.51. The van der Waals surface area contributed by atoms with Crippen LogP contribution in [0.15, 0.2) is 34.7 Å². The molecule has 0 bridgehead atoms. The highest BCUT2D eigenvalue weighted by Crippen LogP contribution is 2.25. The van der Waals surface area contributed by atoms with Gasteiger partial charge in [-0.25, -0.2) is 4.39 Å². The second-order valence-electron chi connectivity index (χ2n) is 3.99. The van der Waals surface area contributed by atoms with Gasteiger partial charge in [-0.1, -0.05) is 6.92 Å². The lowest BCUT2D eigenvalue weighted by molar-refractivity contribution is -0.384. The van der Waals surface area contributed by atoms with Crippen molar-refractivity contribution >= 4 is 11.4 Å². The number of rotatable bonds is 5. The summed E-state index contributed by atoms with van der Waals surface area (Å²) in [5, 5.41) is 13.6. The number of furan rings is 1. The monoisotopic (exact) mass is 264 g/mol. The Bertz CT molecular complexity index is 595. The molecule has 1 heterocycles. The molecular weight excluding hydrogens is 251 g/mol. The van der Waals surface area contributed by atoms with Crippen molar-refractivity contribution in [2.45, 2.75) is 19.9 Å². The number of hydrogen-bond acceptors (Lipinski definition) is 4. The molecule has 0 atom stereocenters. The highest BCUT2D eigenvalue weighted by atomic mass is 19.1. The third-order valence-corrected chi connectivity index (χ3v) is 2.67. The molecule has 1 N–H and O–H groups in total. The van der Waals surface area contributed by atoms with Crippen molar-refractivity contribution in [3.63, 3.8) is 0 Å². The zero-order valence-corrected chi connectivity index (χ0v) is 10.4. The highest BCUT2D eigenvalue weighted by Gasteiger charge is 2.14. The van der Waals surface area contributed by atoms with Crippen molar-refractivity contribution in [2.75, 3.05) is 5.32 Å². The summed E-state index contributed by atoms with van der Waals surface area (Å²) in [5.74, 6) is 0.961. The Morgan fingerprint density at radius 2 is 2.05 bits per heavy atom. The van der Waals surface area contributed by atoms with Crippen LogP contribution in [0.4, 0.5) is 15.8 Å². The molecule has 1 aromatic heterocycles. The molecule has 0 unspecified atom stereocenters. The number of halogens is 1. The van der Waals surface area contributed by atoms with Gasteiger partial charge in [0.1, 0.15) is 23.0 Å². The zero-order chi connectivity index (χ0) is 13.8. The lowest BCUT2D eigenvalue weighted by atomic mass is 10.2. The van der Waals surface area contributed by atoms with Gasteiger partial charge in [-0.15, -0.1) is 0 Å². The molecule has 100 valence electrons. The highest BCUT2D eigenvalue weighted by molar-refractivity contribution is 5.61. The summed E-state index contributed by atoms with van der Waals surface area (Å²) in [6.07, 6.45) is 0.778. The number of nitro groups is 1. The minimum atomic E-state index is -0.554. The Morgan fingerprint density at radius 3 is 2.68 bits per heavy atom. The molecule has 0 amide bonds. The Balaban J connectivity index is 2.14. The average Bonchev–Trinajstić information content (AvgIpc) is 2.84. The lowest BCUT2D eigenvalue weighted by Crippen LogP contribution is -2.02. The van der Waals surface area contributed by atoms with Crippen LogP contribution in [0.5, 0.6) is 0 Å². The maximum Gasteiger partial charge on any atom is 0.292 e. The fourth-order valence-corrected chi connectivity index (χ4v) is 1.70. The maximum absolute atomic E-state index is 13.1. The molecule has 1 aromatic carbocycles. The van der Waals surface area contributed by atoms with Crippen molar-refractivity contribution in [3.8, 4) is 0 Å². The predicted molar refractivity (Wildman–Crippen MR) is 68.5 cm³/mol. The minimum Gasteiger partial charge on any atom is -0.464 e. The number of anilines is 1. The molecule has 0 aliphatic heterocycles.